The molecule has 0 saturated heterocycles. The largest absolute Gasteiger partial charge is 0.370 e. The lowest BCUT2D eigenvalue weighted by Crippen LogP contribution is -1.84. The van der Waals surface area contributed by atoms with Gasteiger partial charge in [0.2, 0.25) is 6.20 Å². The van der Waals surface area contributed by atoms with Gasteiger partial charge in [-0.1, -0.05) is 17.7 Å². The van der Waals surface area contributed by atoms with Crippen LogP contribution in [0.4, 0.5) is 0 Å². The molecule has 2 nitrogen and oxygen atoms in total. The first kappa shape index (κ1) is 7.01. The lowest BCUT2D eigenvalue weighted by Gasteiger charge is -1.92. The van der Waals surface area contributed by atoms with Crippen LogP contribution in [0.5, 0.6) is 0 Å². The molecule has 12 heavy (non-hydrogen) atoms. The highest BCUT2D eigenvalue weighted by Crippen LogP contribution is 2.18. The molecule has 1 aliphatic heterocycles. The minimum atomic E-state index is 0.759. The third-order valence-corrected chi connectivity index (χ3v) is 1.73. The first-order valence-corrected chi connectivity index (χ1v) is 3.75. The van der Waals surface area contributed by atoms with Crippen LogP contribution in [-0.4, -0.2) is 6.40 Å². The van der Waals surface area contributed by atoms with Crippen molar-refractivity contribution in [1.82, 2.24) is 0 Å². The highest BCUT2D eigenvalue weighted by atomic mass is 16.5. The van der Waals surface area contributed by atoms with Gasteiger partial charge in [0.1, 0.15) is 0 Å². The molecule has 0 atom stereocenters. The smallest absolute Gasteiger partial charge is 0.251 e. The topological polar surface area (TPSA) is 21.6 Å². The number of ether oxygens (including phenoxy) is 1. The fraction of sp³-hybridized carbons (Fsp3) is 0.100. The molecule has 58 valence electrons. The Kier molecular flexibility index (Phi) is 1.61. The van der Waals surface area contributed by atoms with Crippen LogP contribution in [0.15, 0.2) is 35.5 Å². The van der Waals surface area contributed by atoms with Crippen molar-refractivity contribution in [3.63, 3.8) is 0 Å². The number of nitrogens with zero attached hydrogens (tertiary/aromatic N) is 1. The maximum Gasteiger partial charge on any atom is 0.370 e. The highest BCUT2D eigenvalue weighted by molar-refractivity contribution is 5.72. The highest BCUT2D eigenvalue weighted by Gasteiger charge is 2.16. The Labute approximate surface area is 71.2 Å². The van der Waals surface area contributed by atoms with Gasteiger partial charge in [-0.05, 0) is 24.0 Å². The molecule has 1 aromatic carbocycles. The zero-order valence-electron chi connectivity index (χ0n) is 6.74. The van der Waals surface area contributed by atoms with E-state index in [1.54, 1.807) is 6.20 Å². The summed E-state index contributed by atoms with van der Waals surface area (Å²) in [6.07, 6.45) is 4.08. The summed E-state index contributed by atoms with van der Waals surface area (Å²) in [5.41, 5.74) is 2.27. The minimum absolute atomic E-state index is 0.759. The Morgan fingerprint density at radius 2 is 2.00 bits per heavy atom. The van der Waals surface area contributed by atoms with Crippen molar-refractivity contribution in [3.05, 3.63) is 41.6 Å². The standard InChI is InChI=1S/C10H8NO/c1-8-2-4-9(5-3-8)10-6-11-7-12-10/h2-6H,1H3/q+1. The van der Waals surface area contributed by atoms with E-state index in [1.807, 2.05) is 24.3 Å². The average molecular weight is 158 g/mol. The monoisotopic (exact) mass is 158 g/mol. The maximum atomic E-state index is 5.02. The number of aliphatic imine (C=N–C) groups is 1. The van der Waals surface area contributed by atoms with Gasteiger partial charge in [-0.2, -0.15) is 0 Å². The van der Waals surface area contributed by atoms with Gasteiger partial charge in [-0.15, -0.1) is 0 Å². The Hall–Kier alpha value is -1.66. The Morgan fingerprint density at radius 1 is 1.25 bits per heavy atom. The molecule has 0 saturated carbocycles. The van der Waals surface area contributed by atoms with Crippen molar-refractivity contribution in [2.75, 3.05) is 0 Å². The molecule has 1 aliphatic rings. The number of rotatable bonds is 1. The van der Waals surface area contributed by atoms with Crippen molar-refractivity contribution < 1.29 is 4.74 Å². The number of hydrogen-bond acceptors (Lipinski definition) is 2. The Balaban J connectivity index is 2.30. The summed E-state index contributed by atoms with van der Waals surface area (Å²) in [6.45, 7) is 2.05. The van der Waals surface area contributed by atoms with Gasteiger partial charge in [-0.3, -0.25) is 4.74 Å². The summed E-state index contributed by atoms with van der Waals surface area (Å²) in [7, 11) is 0. The van der Waals surface area contributed by atoms with Crippen LogP contribution in [0.3, 0.4) is 0 Å². The molecule has 2 rings (SSSR count). The Morgan fingerprint density at radius 3 is 2.58 bits per heavy atom. The SMILES string of the molecule is Cc1ccc(C2=CN=[C+]O2)cc1. The molecular weight excluding hydrogens is 150 g/mol. The van der Waals surface area contributed by atoms with E-state index in [4.69, 9.17) is 4.74 Å². The van der Waals surface area contributed by atoms with Crippen molar-refractivity contribution in [3.8, 4) is 0 Å². The molecule has 0 aromatic heterocycles. The van der Waals surface area contributed by atoms with Crippen molar-refractivity contribution in [1.29, 1.82) is 0 Å². The lowest BCUT2D eigenvalue weighted by molar-refractivity contribution is 0.542. The normalized spacial score (nSPS) is 13.6. The second-order valence-corrected chi connectivity index (χ2v) is 2.68. The molecule has 0 spiro atoms. The van der Waals surface area contributed by atoms with Crippen LogP contribution >= 0.6 is 0 Å². The van der Waals surface area contributed by atoms with Gasteiger partial charge in [-0.25, -0.2) is 0 Å². The van der Waals surface area contributed by atoms with Crippen molar-refractivity contribution >= 4 is 12.2 Å². The molecule has 0 unspecified atom stereocenters. The molecule has 0 amide bonds. The zero-order valence-corrected chi connectivity index (χ0v) is 6.74. The van der Waals surface area contributed by atoms with Gasteiger partial charge in [0.15, 0.2) is 0 Å². The molecule has 0 bridgehead atoms. The summed E-state index contributed by atoms with van der Waals surface area (Å²) in [5.74, 6) is 0.759. The van der Waals surface area contributed by atoms with E-state index in [-0.39, 0.29) is 0 Å². The fourth-order valence-corrected chi connectivity index (χ4v) is 1.04. The molecule has 0 N–H and O–H groups in total. The number of aryl methyl sites for hydroxylation is 1. The summed E-state index contributed by atoms with van der Waals surface area (Å²) < 4.78 is 5.02. The average Bonchev–Trinajstić information content (AvgIpc) is 2.58. The quantitative estimate of drug-likeness (QED) is 0.574. The van der Waals surface area contributed by atoms with E-state index in [9.17, 15) is 0 Å². The number of hydrogen-bond donors (Lipinski definition) is 0. The van der Waals surface area contributed by atoms with E-state index in [0.717, 1.165) is 11.3 Å². The van der Waals surface area contributed by atoms with E-state index in [0.29, 0.717) is 0 Å². The predicted molar refractivity (Wildman–Crippen MR) is 47.7 cm³/mol. The lowest BCUT2D eigenvalue weighted by atomic mass is 10.1. The van der Waals surface area contributed by atoms with Crippen LogP contribution in [0.1, 0.15) is 11.1 Å². The first-order chi connectivity index (χ1) is 5.86. The van der Waals surface area contributed by atoms with Crippen LogP contribution in [0.2, 0.25) is 0 Å². The summed E-state index contributed by atoms with van der Waals surface area (Å²) >= 11 is 0. The molecule has 0 fully saturated rings. The minimum Gasteiger partial charge on any atom is -0.251 e. The predicted octanol–water partition coefficient (Wildman–Crippen LogP) is 2.23. The van der Waals surface area contributed by atoms with Crippen LogP contribution < -0.4 is 0 Å². The van der Waals surface area contributed by atoms with E-state index in [1.165, 1.54) is 5.56 Å². The van der Waals surface area contributed by atoms with Gasteiger partial charge >= 0.3 is 12.2 Å². The van der Waals surface area contributed by atoms with Gasteiger partial charge < -0.3 is 0 Å². The Bertz CT molecular complexity index is 335. The zero-order chi connectivity index (χ0) is 8.39. The summed E-state index contributed by atoms with van der Waals surface area (Å²) in [4.78, 5) is 3.73. The maximum absolute atomic E-state index is 5.02. The summed E-state index contributed by atoms with van der Waals surface area (Å²) in [6, 6.07) is 8.09. The molecule has 0 radical (unpaired) electrons. The van der Waals surface area contributed by atoms with E-state index >= 15 is 0 Å². The van der Waals surface area contributed by atoms with Gasteiger partial charge in [0.05, 0.1) is 5.56 Å². The van der Waals surface area contributed by atoms with Crippen LogP contribution in [0.25, 0.3) is 5.76 Å². The first-order valence-electron chi connectivity index (χ1n) is 3.75. The number of benzene rings is 1. The molecule has 2 heteroatoms. The van der Waals surface area contributed by atoms with E-state index < -0.39 is 0 Å². The molecule has 1 aromatic rings. The molecule has 1 heterocycles. The second kappa shape index (κ2) is 2.76. The fourth-order valence-electron chi connectivity index (χ4n) is 1.04. The van der Waals surface area contributed by atoms with Crippen molar-refractivity contribution in [2.24, 2.45) is 4.99 Å². The molecule has 0 aliphatic carbocycles. The van der Waals surface area contributed by atoms with E-state index in [2.05, 4.69) is 18.3 Å². The van der Waals surface area contributed by atoms with Crippen LogP contribution in [0, 0.1) is 6.92 Å². The van der Waals surface area contributed by atoms with Gasteiger partial charge in [0.25, 0.3) is 0 Å². The second-order valence-electron chi connectivity index (χ2n) is 2.68. The summed E-state index contributed by atoms with van der Waals surface area (Å²) in [5, 5.41) is 0. The molecular formula is C10H8NO+. The van der Waals surface area contributed by atoms with Gasteiger partial charge in [0, 0.05) is 0 Å². The third kappa shape index (κ3) is 1.20. The van der Waals surface area contributed by atoms with Crippen molar-refractivity contribution in [2.45, 2.75) is 6.92 Å². The third-order valence-electron chi connectivity index (χ3n) is 1.73. The van der Waals surface area contributed by atoms with Crippen LogP contribution in [-0.2, 0) is 4.74 Å².